The van der Waals surface area contributed by atoms with E-state index in [9.17, 15) is 0 Å². The first-order chi connectivity index (χ1) is 15.8. The van der Waals surface area contributed by atoms with Gasteiger partial charge in [-0.1, -0.05) is 86.8 Å². The van der Waals surface area contributed by atoms with Gasteiger partial charge in [-0.15, -0.1) is 46.2 Å². The van der Waals surface area contributed by atoms with Crippen LogP contribution in [0.1, 0.15) is 36.5 Å². The van der Waals surface area contributed by atoms with Crippen LogP contribution in [0.3, 0.4) is 0 Å². The summed E-state index contributed by atoms with van der Waals surface area (Å²) in [5.41, 5.74) is 7.82. The van der Waals surface area contributed by atoms with Crippen molar-refractivity contribution in [2.45, 2.75) is 39.8 Å². The first-order valence-electron chi connectivity index (χ1n) is 11.2. The van der Waals surface area contributed by atoms with Crippen molar-refractivity contribution in [1.29, 1.82) is 0 Å². The second-order valence-corrected chi connectivity index (χ2v) is 31.5. The van der Waals surface area contributed by atoms with E-state index in [1.165, 1.54) is 44.2 Å². The normalized spacial score (nSPS) is 13.8. The van der Waals surface area contributed by atoms with E-state index in [1.54, 1.807) is 0 Å². The van der Waals surface area contributed by atoms with Gasteiger partial charge in [-0.25, -0.2) is 5.57 Å². The fraction of sp³-hybridized carbons (Fsp3) is 0.207. The summed E-state index contributed by atoms with van der Waals surface area (Å²) in [6.07, 6.45) is 3.40. The van der Waals surface area contributed by atoms with Crippen LogP contribution in [0.5, 0.6) is 0 Å². The quantitative estimate of drug-likeness (QED) is 0.158. The minimum absolute atomic E-state index is 0.224. The van der Waals surface area contributed by atoms with E-state index in [2.05, 4.69) is 125 Å². The number of fused-ring (bicyclic) bond motifs is 2. The molecule has 1 aliphatic rings. The van der Waals surface area contributed by atoms with Crippen molar-refractivity contribution >= 4 is 38.8 Å². The minimum atomic E-state index is -1.65. The molecule has 0 fully saturated rings. The van der Waals surface area contributed by atoms with E-state index in [-0.39, 0.29) is 5.43 Å². The molecule has 0 radical (unpaired) electrons. The summed E-state index contributed by atoms with van der Waals surface area (Å²) in [7, 11) is 11.2. The average molecular weight is 569 g/mol. The van der Waals surface area contributed by atoms with Gasteiger partial charge in [0, 0.05) is 0 Å². The molecule has 0 spiro atoms. The van der Waals surface area contributed by atoms with Crippen LogP contribution in [-0.2, 0) is 18.0 Å². The van der Waals surface area contributed by atoms with Gasteiger partial charge in [0.1, 0.15) is 0 Å². The summed E-state index contributed by atoms with van der Waals surface area (Å²) < 4.78 is 0. The monoisotopic (exact) mass is 566 g/mol. The molecule has 4 heteroatoms. The van der Waals surface area contributed by atoms with Crippen molar-refractivity contribution < 1.29 is 18.0 Å². The Morgan fingerprint density at radius 2 is 1.45 bits per heavy atom. The maximum atomic E-state index is 5.62. The van der Waals surface area contributed by atoms with Gasteiger partial charge in [-0.2, -0.15) is 11.6 Å². The van der Waals surface area contributed by atoms with Crippen LogP contribution < -0.4 is 0 Å². The Labute approximate surface area is 213 Å². The fourth-order valence-electron chi connectivity index (χ4n) is 3.95. The van der Waals surface area contributed by atoms with E-state index in [1.807, 2.05) is 0 Å². The van der Waals surface area contributed by atoms with Crippen molar-refractivity contribution in [3.8, 4) is 11.1 Å². The van der Waals surface area contributed by atoms with Crippen LogP contribution in [0, 0.1) is 13.0 Å². The molecule has 170 valence electrons. The van der Waals surface area contributed by atoms with Crippen LogP contribution in [0.2, 0.25) is 13.1 Å². The molecular weight excluding hydrogens is 539 g/mol. The van der Waals surface area contributed by atoms with Crippen molar-refractivity contribution in [2.24, 2.45) is 0 Å². The number of rotatable bonds is 1. The van der Waals surface area contributed by atoms with E-state index in [4.69, 9.17) is 17.0 Å². The van der Waals surface area contributed by atoms with Crippen molar-refractivity contribution in [1.82, 2.24) is 0 Å². The van der Waals surface area contributed by atoms with Gasteiger partial charge >= 0.3 is 53.5 Å². The summed E-state index contributed by atoms with van der Waals surface area (Å²) in [5, 5.41) is 2.69. The van der Waals surface area contributed by atoms with Crippen molar-refractivity contribution in [3.05, 3.63) is 108 Å². The zero-order valence-electron chi connectivity index (χ0n) is 19.9. The van der Waals surface area contributed by atoms with Crippen LogP contribution >= 0.6 is 17.0 Å². The third-order valence-corrected chi connectivity index (χ3v) is 25.4. The average Bonchev–Trinajstić information content (AvgIpc) is 3.33. The van der Waals surface area contributed by atoms with Crippen LogP contribution in [0.4, 0.5) is 0 Å². The molecule has 0 amide bonds. The molecule has 1 aliphatic carbocycles. The minimum Gasteiger partial charge on any atom is -0.165 e. The molecule has 33 heavy (non-hydrogen) atoms. The SMILES string of the molecule is CC1=[C-]C(C)c2ccccc21.C[Si](C)=[Zr]([Cl])[Cl].Cc1cc2c(-c3ccccc3)cccc2[cH-]1. The van der Waals surface area contributed by atoms with Gasteiger partial charge in [-0.3, -0.25) is 6.08 Å². The number of halogens is 2. The molecular formula is C29H30Cl2SiZr-2. The van der Waals surface area contributed by atoms with Crippen molar-refractivity contribution in [3.63, 3.8) is 0 Å². The molecule has 0 heterocycles. The second-order valence-electron chi connectivity index (χ2n) is 8.55. The van der Waals surface area contributed by atoms with E-state index in [0.29, 0.717) is 5.92 Å². The van der Waals surface area contributed by atoms with E-state index < -0.39 is 18.0 Å². The number of hydrogen-bond acceptors (Lipinski definition) is 0. The summed E-state index contributed by atoms with van der Waals surface area (Å²) in [5.74, 6) is 0.492. The van der Waals surface area contributed by atoms with Crippen LogP contribution in [-0.4, -0.2) is 5.43 Å². The predicted octanol–water partition coefficient (Wildman–Crippen LogP) is 9.71. The van der Waals surface area contributed by atoms with Gasteiger partial charge in [0.05, 0.1) is 0 Å². The Morgan fingerprint density at radius 1 is 0.848 bits per heavy atom. The summed E-state index contributed by atoms with van der Waals surface area (Å²) in [6.45, 7) is 10.8. The van der Waals surface area contributed by atoms with Gasteiger partial charge in [0.25, 0.3) is 0 Å². The Morgan fingerprint density at radius 3 is 2.09 bits per heavy atom. The van der Waals surface area contributed by atoms with Gasteiger partial charge in [0.15, 0.2) is 0 Å². The maximum Gasteiger partial charge on any atom is -0.0279 e. The van der Waals surface area contributed by atoms with Gasteiger partial charge < -0.3 is 0 Å². The summed E-state index contributed by atoms with van der Waals surface area (Å²) >= 11 is -1.65. The number of aryl methyl sites for hydroxylation is 1. The zero-order chi connectivity index (χ0) is 24.0. The molecule has 1 atom stereocenters. The smallest absolute Gasteiger partial charge is 0.0279 e. The number of allylic oxidation sites excluding steroid dienone is 2. The largest absolute Gasteiger partial charge is 0.165 e. The molecule has 0 N–H and O–H groups in total. The zero-order valence-corrected chi connectivity index (χ0v) is 24.9. The standard InChI is InChI=1S/C16H13.C11H11.C2H6Si.2ClH.Zr/c1-12-10-14-8-5-9-15(16(14)11-12)13-6-3-2-4-7-13;1-8-7-9(2)11-6-4-3-5-10(8)11;1-3-2;;;/h2-11H,1H3;3-6,8H,1-2H3;1-2H3;2*1H;/q2*-1;;;;+2/p-2. The third-order valence-electron chi connectivity index (χ3n) is 5.62. The first-order valence-corrected chi connectivity index (χ1v) is 23.7. The molecule has 0 aliphatic heterocycles. The second kappa shape index (κ2) is 12.4. The Kier molecular flexibility index (Phi) is 9.89. The molecule has 4 aromatic rings. The maximum absolute atomic E-state index is 5.62. The summed E-state index contributed by atoms with van der Waals surface area (Å²) in [4.78, 5) is 0. The molecule has 4 aromatic carbocycles. The molecule has 0 aromatic heterocycles. The summed E-state index contributed by atoms with van der Waals surface area (Å²) in [6, 6.07) is 30.1. The van der Waals surface area contributed by atoms with E-state index >= 15 is 0 Å². The molecule has 0 saturated carbocycles. The van der Waals surface area contributed by atoms with E-state index in [0.717, 1.165) is 0 Å². The van der Waals surface area contributed by atoms with Crippen LogP contribution in [0.15, 0.2) is 84.9 Å². The molecule has 5 rings (SSSR count). The topological polar surface area (TPSA) is 0 Å². The molecule has 0 bridgehead atoms. The predicted molar refractivity (Wildman–Crippen MR) is 146 cm³/mol. The van der Waals surface area contributed by atoms with Crippen molar-refractivity contribution in [2.75, 3.05) is 0 Å². The first kappa shape index (κ1) is 26.3. The Bertz CT molecular complexity index is 1270. The molecule has 1 unspecified atom stereocenters. The Hall–Kier alpha value is -1.31. The number of benzene rings is 3. The van der Waals surface area contributed by atoms with Gasteiger partial charge in [0.2, 0.25) is 0 Å². The van der Waals surface area contributed by atoms with Crippen LogP contribution in [0.25, 0.3) is 27.5 Å². The Balaban J connectivity index is 0.000000157. The van der Waals surface area contributed by atoms with Gasteiger partial charge in [-0.05, 0) is 5.56 Å². The fourth-order valence-corrected chi connectivity index (χ4v) is 3.95. The molecule has 0 nitrogen and oxygen atoms in total. The number of hydrogen-bond donors (Lipinski definition) is 0. The molecule has 0 saturated heterocycles. The third kappa shape index (κ3) is 7.09.